The maximum Gasteiger partial charge on any atom is 0.416 e. The van der Waals surface area contributed by atoms with Gasteiger partial charge in [-0.25, -0.2) is 9.97 Å². The fraction of sp³-hybridized carbons (Fsp3) is 0.375. The number of anilines is 2. The second kappa shape index (κ2) is 6.06. The molecule has 0 spiro atoms. The number of nitrogens with zero attached hydrogens (tertiary/aromatic N) is 3. The molecule has 0 saturated carbocycles. The summed E-state index contributed by atoms with van der Waals surface area (Å²) in [5, 5.41) is 0. The van der Waals surface area contributed by atoms with Crippen LogP contribution in [0.2, 0.25) is 0 Å². The predicted octanol–water partition coefficient (Wildman–Crippen LogP) is 3.73. The molecule has 2 aromatic rings. The minimum absolute atomic E-state index is 0.328. The summed E-state index contributed by atoms with van der Waals surface area (Å²) in [6.45, 7) is 1.70. The number of rotatable bonds is 2. The molecule has 0 radical (unpaired) electrons. The molecule has 0 aliphatic carbocycles. The molecule has 0 unspecified atom stereocenters. The smallest absolute Gasteiger partial charge is 0.394 e. The van der Waals surface area contributed by atoms with Crippen LogP contribution >= 0.6 is 0 Å². The van der Waals surface area contributed by atoms with Crippen molar-refractivity contribution >= 4 is 11.5 Å². The van der Waals surface area contributed by atoms with Gasteiger partial charge in [0.15, 0.2) is 5.82 Å². The lowest BCUT2D eigenvalue weighted by atomic mass is 10.1. The Bertz CT molecular complexity index is 694. The zero-order chi connectivity index (χ0) is 16.4. The van der Waals surface area contributed by atoms with Gasteiger partial charge in [-0.05, 0) is 31.4 Å². The molecule has 2 heterocycles. The molecule has 2 N–H and O–H groups in total. The van der Waals surface area contributed by atoms with E-state index in [4.69, 9.17) is 5.73 Å². The van der Waals surface area contributed by atoms with Crippen LogP contribution in [-0.2, 0) is 6.18 Å². The maximum atomic E-state index is 12.9. The average molecular weight is 322 g/mol. The summed E-state index contributed by atoms with van der Waals surface area (Å²) in [5.74, 6) is 0.604. The Balaban J connectivity index is 2.00. The Morgan fingerprint density at radius 3 is 2.48 bits per heavy atom. The molecule has 0 amide bonds. The Morgan fingerprint density at radius 1 is 1.04 bits per heavy atom. The largest absolute Gasteiger partial charge is 0.416 e. The lowest BCUT2D eigenvalue weighted by Gasteiger charge is -2.29. The van der Waals surface area contributed by atoms with Gasteiger partial charge in [0.2, 0.25) is 0 Å². The third-order valence-corrected chi connectivity index (χ3v) is 3.98. The Hall–Kier alpha value is -2.31. The quantitative estimate of drug-likeness (QED) is 0.915. The van der Waals surface area contributed by atoms with Crippen LogP contribution in [0, 0.1) is 0 Å². The van der Waals surface area contributed by atoms with Gasteiger partial charge in [0.05, 0.1) is 11.3 Å². The highest BCUT2D eigenvalue weighted by atomic mass is 19.4. The number of aromatic nitrogens is 2. The fourth-order valence-corrected chi connectivity index (χ4v) is 2.82. The van der Waals surface area contributed by atoms with Crippen LogP contribution in [0.15, 0.2) is 30.6 Å². The molecule has 1 fully saturated rings. The number of nitrogens with two attached hydrogens (primary N) is 1. The van der Waals surface area contributed by atoms with Crippen molar-refractivity contribution in [2.45, 2.75) is 25.4 Å². The molecule has 0 bridgehead atoms. The van der Waals surface area contributed by atoms with Crippen LogP contribution < -0.4 is 10.6 Å². The lowest BCUT2D eigenvalue weighted by molar-refractivity contribution is -0.137. The molecule has 1 aromatic carbocycles. The molecule has 1 aliphatic heterocycles. The SMILES string of the molecule is Nc1c(-c2cccc(C(F)(F)F)c2)ncnc1N1CCCCC1. The van der Waals surface area contributed by atoms with Crippen LogP contribution in [0.4, 0.5) is 24.7 Å². The van der Waals surface area contributed by atoms with Crippen molar-refractivity contribution in [3.8, 4) is 11.3 Å². The van der Waals surface area contributed by atoms with Crippen LogP contribution in [-0.4, -0.2) is 23.1 Å². The van der Waals surface area contributed by atoms with Gasteiger partial charge in [-0.15, -0.1) is 0 Å². The molecular formula is C16H17F3N4. The van der Waals surface area contributed by atoms with E-state index in [9.17, 15) is 13.2 Å². The van der Waals surface area contributed by atoms with Crippen LogP contribution in [0.5, 0.6) is 0 Å². The molecule has 1 aromatic heterocycles. The molecule has 1 aliphatic rings. The summed E-state index contributed by atoms with van der Waals surface area (Å²) >= 11 is 0. The van der Waals surface area contributed by atoms with E-state index in [-0.39, 0.29) is 0 Å². The van der Waals surface area contributed by atoms with Crippen molar-refractivity contribution in [1.29, 1.82) is 0 Å². The van der Waals surface area contributed by atoms with Crippen LogP contribution in [0.25, 0.3) is 11.3 Å². The van der Waals surface area contributed by atoms with E-state index >= 15 is 0 Å². The molecule has 23 heavy (non-hydrogen) atoms. The van der Waals surface area contributed by atoms with Gasteiger partial charge in [0.1, 0.15) is 12.0 Å². The first kappa shape index (κ1) is 15.6. The minimum atomic E-state index is -4.40. The number of halogens is 3. The Kier molecular flexibility index (Phi) is 4.11. The summed E-state index contributed by atoms with van der Waals surface area (Å²) in [5.41, 5.74) is 6.45. The number of nitrogen functional groups attached to an aromatic ring is 1. The van der Waals surface area contributed by atoms with Crippen molar-refractivity contribution in [2.75, 3.05) is 23.7 Å². The summed E-state index contributed by atoms with van der Waals surface area (Å²) < 4.78 is 38.6. The fourth-order valence-electron chi connectivity index (χ4n) is 2.82. The van der Waals surface area contributed by atoms with Crippen molar-refractivity contribution in [3.05, 3.63) is 36.2 Å². The van der Waals surface area contributed by atoms with Crippen molar-refractivity contribution in [2.24, 2.45) is 0 Å². The highest BCUT2D eigenvalue weighted by molar-refractivity contribution is 5.81. The summed E-state index contributed by atoms with van der Waals surface area (Å²) in [7, 11) is 0. The van der Waals surface area contributed by atoms with E-state index < -0.39 is 11.7 Å². The monoisotopic (exact) mass is 322 g/mol. The van der Waals surface area contributed by atoms with Crippen LogP contribution in [0.1, 0.15) is 24.8 Å². The van der Waals surface area contributed by atoms with Gasteiger partial charge >= 0.3 is 6.18 Å². The molecule has 7 heteroatoms. The second-order valence-corrected chi connectivity index (χ2v) is 5.59. The predicted molar refractivity (Wildman–Crippen MR) is 82.9 cm³/mol. The molecule has 1 saturated heterocycles. The van der Waals surface area contributed by atoms with Gasteiger partial charge in [0, 0.05) is 18.7 Å². The molecular weight excluding hydrogens is 305 g/mol. The molecule has 4 nitrogen and oxygen atoms in total. The van der Waals surface area contributed by atoms with E-state index in [1.165, 1.54) is 18.8 Å². The van der Waals surface area contributed by atoms with Gasteiger partial charge in [-0.1, -0.05) is 12.1 Å². The zero-order valence-electron chi connectivity index (χ0n) is 12.5. The standard InChI is InChI=1S/C16H17F3N4/c17-16(18,19)12-6-4-5-11(9-12)14-13(20)15(22-10-21-14)23-7-2-1-3-8-23/h4-6,9-10H,1-3,7-8,20H2. The highest BCUT2D eigenvalue weighted by Gasteiger charge is 2.30. The third-order valence-electron chi connectivity index (χ3n) is 3.98. The maximum absolute atomic E-state index is 12.9. The minimum Gasteiger partial charge on any atom is -0.394 e. The molecule has 3 rings (SSSR count). The third kappa shape index (κ3) is 3.23. The van der Waals surface area contributed by atoms with Crippen molar-refractivity contribution in [3.63, 3.8) is 0 Å². The molecule has 0 atom stereocenters. The zero-order valence-corrected chi connectivity index (χ0v) is 12.5. The second-order valence-electron chi connectivity index (χ2n) is 5.59. The highest BCUT2D eigenvalue weighted by Crippen LogP contribution is 2.35. The van der Waals surface area contributed by atoms with Gasteiger partial charge in [-0.2, -0.15) is 13.2 Å². The first-order valence-corrected chi connectivity index (χ1v) is 7.50. The molecule has 122 valence electrons. The van der Waals surface area contributed by atoms with E-state index in [0.29, 0.717) is 22.8 Å². The first-order valence-electron chi connectivity index (χ1n) is 7.50. The van der Waals surface area contributed by atoms with E-state index in [0.717, 1.165) is 38.1 Å². The average Bonchev–Trinajstić information content (AvgIpc) is 2.55. The summed E-state index contributed by atoms with van der Waals surface area (Å²) in [6.07, 6.45) is 0.246. The van der Waals surface area contributed by atoms with Gasteiger partial charge in [-0.3, -0.25) is 0 Å². The number of hydrogen-bond donors (Lipinski definition) is 1. The van der Waals surface area contributed by atoms with Crippen molar-refractivity contribution in [1.82, 2.24) is 9.97 Å². The summed E-state index contributed by atoms with van der Waals surface area (Å²) in [4.78, 5) is 10.4. The van der Waals surface area contributed by atoms with E-state index in [1.54, 1.807) is 6.07 Å². The lowest BCUT2D eigenvalue weighted by Crippen LogP contribution is -2.31. The summed E-state index contributed by atoms with van der Waals surface area (Å²) in [6, 6.07) is 5.04. The first-order chi connectivity index (χ1) is 11.0. The van der Waals surface area contributed by atoms with Crippen LogP contribution in [0.3, 0.4) is 0 Å². The Morgan fingerprint density at radius 2 is 1.78 bits per heavy atom. The van der Waals surface area contributed by atoms with E-state index in [1.807, 2.05) is 0 Å². The van der Waals surface area contributed by atoms with E-state index in [2.05, 4.69) is 14.9 Å². The number of benzene rings is 1. The number of piperidine rings is 1. The number of hydrogen-bond acceptors (Lipinski definition) is 4. The Labute approximate surface area is 132 Å². The van der Waals surface area contributed by atoms with Gasteiger partial charge in [0.25, 0.3) is 0 Å². The number of alkyl halides is 3. The van der Waals surface area contributed by atoms with Crippen molar-refractivity contribution < 1.29 is 13.2 Å². The normalized spacial score (nSPS) is 15.7. The topological polar surface area (TPSA) is 55.0 Å². The van der Waals surface area contributed by atoms with Gasteiger partial charge < -0.3 is 10.6 Å².